The number of hydrogen-bond donors (Lipinski definition) is 1. The van der Waals surface area contributed by atoms with Gasteiger partial charge in [0, 0.05) is 17.9 Å². The molecule has 3 heterocycles. The van der Waals surface area contributed by atoms with Crippen LogP contribution in [0.2, 0.25) is 0 Å². The number of ether oxygens (including phenoxy) is 3. The van der Waals surface area contributed by atoms with Crippen molar-refractivity contribution in [2.24, 2.45) is 0 Å². The smallest absolute Gasteiger partial charge is 0.322 e. The van der Waals surface area contributed by atoms with Gasteiger partial charge >= 0.3 is 6.03 Å². The van der Waals surface area contributed by atoms with Crippen LogP contribution in [0.25, 0.3) is 17.0 Å². The van der Waals surface area contributed by atoms with Gasteiger partial charge in [-0.2, -0.15) is 4.98 Å². The molecule has 1 N–H and O–H groups in total. The molecule has 2 aliphatic rings. The summed E-state index contributed by atoms with van der Waals surface area (Å²) in [6, 6.07) is 11.1. The molecule has 188 valence electrons. The third-order valence-corrected chi connectivity index (χ3v) is 6.50. The molecular weight excluding hydrogens is 467 g/mol. The second-order valence-corrected chi connectivity index (χ2v) is 8.68. The molecule has 2 aliphatic heterocycles. The second kappa shape index (κ2) is 9.98. The maximum atomic E-state index is 14.3. The number of urea groups is 1. The van der Waals surface area contributed by atoms with Gasteiger partial charge in [0.15, 0.2) is 11.6 Å². The van der Waals surface area contributed by atoms with Gasteiger partial charge in [-0.1, -0.05) is 17.3 Å². The molecule has 0 aliphatic carbocycles. The summed E-state index contributed by atoms with van der Waals surface area (Å²) in [4.78, 5) is 19.4. The summed E-state index contributed by atoms with van der Waals surface area (Å²) in [6.07, 6.45) is 1.81. The van der Waals surface area contributed by atoms with Crippen molar-refractivity contribution >= 4 is 11.6 Å². The quantitative estimate of drug-likeness (QED) is 0.514. The van der Waals surface area contributed by atoms with Crippen LogP contribution < -0.4 is 14.8 Å². The number of amides is 2. The van der Waals surface area contributed by atoms with E-state index in [1.54, 1.807) is 18.1 Å². The Kier molecular flexibility index (Phi) is 6.60. The molecule has 2 aromatic carbocycles. The molecule has 0 saturated carbocycles. The van der Waals surface area contributed by atoms with Crippen molar-refractivity contribution in [1.82, 2.24) is 20.4 Å². The summed E-state index contributed by atoms with van der Waals surface area (Å²) < 4.78 is 36.1. The summed E-state index contributed by atoms with van der Waals surface area (Å²) in [5.74, 6) is 0.695. The lowest BCUT2D eigenvalue weighted by Gasteiger charge is -2.36. The van der Waals surface area contributed by atoms with Crippen LogP contribution >= 0.6 is 0 Å². The average molecular weight is 495 g/mol. The molecule has 10 heteroatoms. The largest absolute Gasteiger partial charge is 0.497 e. The van der Waals surface area contributed by atoms with Crippen molar-refractivity contribution in [3.63, 3.8) is 0 Å². The van der Waals surface area contributed by atoms with Gasteiger partial charge in [0.05, 0.1) is 38.5 Å². The van der Waals surface area contributed by atoms with Crippen molar-refractivity contribution < 1.29 is 27.9 Å². The van der Waals surface area contributed by atoms with Crippen LogP contribution in [0.3, 0.4) is 0 Å². The van der Waals surface area contributed by atoms with E-state index in [1.165, 1.54) is 19.2 Å². The number of nitrogens with one attached hydrogen (secondary N) is 1. The highest BCUT2D eigenvalue weighted by atomic mass is 19.1. The van der Waals surface area contributed by atoms with Gasteiger partial charge in [0.25, 0.3) is 5.89 Å². The standard InChI is InChI=1S/C26H27FN4O5/c1-15-22(25-29-24(30-36-25)17-9-10-21(34-3)20(27)13-17)23(16-6-4-7-18(12-16)33-2)28-26(32)31(15)14-19-8-5-11-35-19/h4,6-7,9-10,12-13,19,23H,5,8,11,14H2,1-3H3,(H,28,32). The zero-order valence-electron chi connectivity index (χ0n) is 20.3. The minimum absolute atomic E-state index is 0.0409. The summed E-state index contributed by atoms with van der Waals surface area (Å²) in [6.45, 7) is 2.96. The highest BCUT2D eigenvalue weighted by molar-refractivity contribution is 5.87. The van der Waals surface area contributed by atoms with Crippen LogP contribution in [-0.2, 0) is 4.74 Å². The Labute approximate surface area is 207 Å². The van der Waals surface area contributed by atoms with Crippen molar-refractivity contribution in [3.8, 4) is 22.9 Å². The van der Waals surface area contributed by atoms with Crippen LogP contribution in [0.1, 0.15) is 37.3 Å². The van der Waals surface area contributed by atoms with E-state index in [0.29, 0.717) is 35.7 Å². The third-order valence-electron chi connectivity index (χ3n) is 6.50. The molecule has 2 unspecified atom stereocenters. The van der Waals surface area contributed by atoms with E-state index in [9.17, 15) is 9.18 Å². The first-order chi connectivity index (χ1) is 17.5. The number of carbonyl (C=O) groups is 1. The fraction of sp³-hybridized carbons (Fsp3) is 0.346. The van der Waals surface area contributed by atoms with Gasteiger partial charge < -0.3 is 24.1 Å². The maximum Gasteiger partial charge on any atom is 0.322 e. The maximum absolute atomic E-state index is 14.3. The number of halogens is 1. The Morgan fingerprint density at radius 3 is 2.78 bits per heavy atom. The molecule has 0 radical (unpaired) electrons. The third kappa shape index (κ3) is 4.51. The van der Waals surface area contributed by atoms with Crippen molar-refractivity contribution in [1.29, 1.82) is 0 Å². The molecule has 1 fully saturated rings. The Hall–Kier alpha value is -3.92. The number of hydrogen-bond acceptors (Lipinski definition) is 7. The summed E-state index contributed by atoms with van der Waals surface area (Å²) in [5.41, 5.74) is 2.56. The number of benzene rings is 2. The first kappa shape index (κ1) is 23.8. The van der Waals surface area contributed by atoms with E-state index in [2.05, 4.69) is 15.5 Å². The van der Waals surface area contributed by atoms with E-state index < -0.39 is 11.9 Å². The molecule has 1 saturated heterocycles. The molecule has 2 amide bonds. The van der Waals surface area contributed by atoms with Crippen LogP contribution in [0, 0.1) is 5.82 Å². The van der Waals surface area contributed by atoms with Gasteiger partial charge in [0.2, 0.25) is 5.82 Å². The lowest BCUT2D eigenvalue weighted by Crippen LogP contribution is -2.48. The van der Waals surface area contributed by atoms with Gasteiger partial charge in [-0.25, -0.2) is 9.18 Å². The van der Waals surface area contributed by atoms with Gasteiger partial charge in [-0.05, 0) is 55.7 Å². The Balaban J connectivity index is 1.57. The number of allylic oxidation sites excluding steroid dienone is 1. The molecule has 0 spiro atoms. The van der Waals surface area contributed by atoms with E-state index >= 15 is 0 Å². The molecule has 3 aromatic rings. The number of rotatable bonds is 7. The van der Waals surface area contributed by atoms with Gasteiger partial charge in [-0.15, -0.1) is 0 Å². The Morgan fingerprint density at radius 1 is 1.19 bits per heavy atom. The normalized spacial score (nSPS) is 20.0. The number of carbonyl (C=O) groups excluding carboxylic acids is 1. The summed E-state index contributed by atoms with van der Waals surface area (Å²) >= 11 is 0. The SMILES string of the molecule is COc1cccc(C2NC(=O)N(CC3CCCO3)C(C)=C2c2nc(-c3ccc(OC)c(F)c3)no2)c1. The number of methoxy groups -OCH3 is 2. The Bertz CT molecular complexity index is 1300. The minimum atomic E-state index is -0.561. The molecule has 36 heavy (non-hydrogen) atoms. The number of nitrogens with zero attached hydrogens (tertiary/aromatic N) is 3. The second-order valence-electron chi connectivity index (χ2n) is 8.68. The number of aromatic nitrogens is 2. The highest BCUT2D eigenvalue weighted by Gasteiger charge is 2.37. The molecule has 9 nitrogen and oxygen atoms in total. The van der Waals surface area contributed by atoms with Crippen LogP contribution in [0.15, 0.2) is 52.7 Å². The van der Waals surface area contributed by atoms with Crippen LogP contribution in [-0.4, -0.2) is 54.5 Å². The molecule has 2 atom stereocenters. The topological polar surface area (TPSA) is 99.0 Å². The van der Waals surface area contributed by atoms with Crippen molar-refractivity contribution in [2.75, 3.05) is 27.4 Å². The zero-order valence-corrected chi connectivity index (χ0v) is 20.3. The zero-order chi connectivity index (χ0) is 25.2. The monoisotopic (exact) mass is 494 g/mol. The summed E-state index contributed by atoms with van der Waals surface area (Å²) in [5, 5.41) is 7.17. The van der Waals surface area contributed by atoms with Gasteiger partial charge in [-0.3, -0.25) is 4.90 Å². The molecular formula is C26H27FN4O5. The predicted octanol–water partition coefficient (Wildman–Crippen LogP) is 4.57. The first-order valence-corrected chi connectivity index (χ1v) is 11.7. The fourth-order valence-corrected chi connectivity index (χ4v) is 4.60. The van der Waals surface area contributed by atoms with Crippen molar-refractivity contribution in [3.05, 3.63) is 65.4 Å². The van der Waals surface area contributed by atoms with E-state index in [4.69, 9.17) is 18.7 Å². The van der Waals surface area contributed by atoms with E-state index in [-0.39, 0.29) is 29.6 Å². The first-order valence-electron chi connectivity index (χ1n) is 11.7. The lowest BCUT2D eigenvalue weighted by atomic mass is 9.94. The predicted molar refractivity (Wildman–Crippen MR) is 129 cm³/mol. The van der Waals surface area contributed by atoms with Crippen LogP contribution in [0.4, 0.5) is 9.18 Å². The Morgan fingerprint density at radius 2 is 2.06 bits per heavy atom. The summed E-state index contributed by atoms with van der Waals surface area (Å²) in [7, 11) is 2.99. The van der Waals surface area contributed by atoms with Crippen LogP contribution in [0.5, 0.6) is 11.5 Å². The van der Waals surface area contributed by atoms with E-state index in [1.807, 2.05) is 31.2 Å². The highest BCUT2D eigenvalue weighted by Crippen LogP contribution is 2.38. The lowest BCUT2D eigenvalue weighted by molar-refractivity contribution is 0.0877. The van der Waals surface area contributed by atoms with Crippen molar-refractivity contribution in [2.45, 2.75) is 31.9 Å². The van der Waals surface area contributed by atoms with E-state index in [0.717, 1.165) is 18.4 Å². The fourth-order valence-electron chi connectivity index (χ4n) is 4.60. The van der Waals surface area contributed by atoms with Gasteiger partial charge in [0.1, 0.15) is 5.75 Å². The molecule has 1 aromatic heterocycles. The molecule has 0 bridgehead atoms. The minimum Gasteiger partial charge on any atom is -0.497 e. The average Bonchev–Trinajstić information content (AvgIpc) is 3.59. The molecule has 5 rings (SSSR count).